The molecule has 1 aromatic heterocycles. The molecule has 156 valence electrons. The number of nitrogens with one attached hydrogen (secondary N) is 1. The number of anilines is 1. The second-order valence-corrected chi connectivity index (χ2v) is 9.16. The van der Waals surface area contributed by atoms with Crippen LogP contribution in [0.1, 0.15) is 56.5 Å². The molecule has 0 saturated carbocycles. The first-order chi connectivity index (χ1) is 13.8. The summed E-state index contributed by atoms with van der Waals surface area (Å²) >= 11 is 0. The van der Waals surface area contributed by atoms with E-state index < -0.39 is 10.0 Å². The van der Waals surface area contributed by atoms with Crippen molar-refractivity contribution in [3.8, 4) is 0 Å². The van der Waals surface area contributed by atoms with Gasteiger partial charge in [-0.15, -0.1) is 0 Å². The van der Waals surface area contributed by atoms with Crippen LogP contribution in [0.4, 0.5) is 5.69 Å². The molecule has 2 heterocycles. The minimum Gasteiger partial charge on any atom is -0.354 e. The molecule has 1 aliphatic rings. The van der Waals surface area contributed by atoms with Gasteiger partial charge in [0.1, 0.15) is 11.4 Å². The van der Waals surface area contributed by atoms with Crippen LogP contribution in [0.15, 0.2) is 33.7 Å². The molecule has 0 unspecified atom stereocenters. The van der Waals surface area contributed by atoms with Crippen LogP contribution in [0.5, 0.6) is 0 Å². The number of carbonyl (C=O) groups excluding carboxylic acids is 1. The smallest absolute Gasteiger partial charge is 0.243 e. The van der Waals surface area contributed by atoms with Gasteiger partial charge in [0.2, 0.25) is 15.9 Å². The van der Waals surface area contributed by atoms with Crippen LogP contribution in [-0.2, 0) is 14.8 Å². The summed E-state index contributed by atoms with van der Waals surface area (Å²) < 4.78 is 32.7. The third-order valence-corrected chi connectivity index (χ3v) is 7.16. The van der Waals surface area contributed by atoms with Gasteiger partial charge in [-0.1, -0.05) is 36.7 Å². The highest BCUT2D eigenvalue weighted by Gasteiger charge is 2.30. The Balaban J connectivity index is 1.77. The first-order valence-corrected chi connectivity index (χ1v) is 11.3. The highest BCUT2D eigenvalue weighted by Crippen LogP contribution is 2.26. The van der Waals surface area contributed by atoms with E-state index >= 15 is 0 Å². The molecule has 1 aromatic carbocycles. The van der Waals surface area contributed by atoms with E-state index in [0.717, 1.165) is 24.8 Å². The summed E-state index contributed by atoms with van der Waals surface area (Å²) in [6, 6.07) is 6.79. The molecular weight excluding hydrogens is 390 g/mol. The number of benzene rings is 1. The molecule has 7 nitrogen and oxygen atoms in total. The maximum atomic E-state index is 12.9. The molecule has 1 fully saturated rings. The third-order valence-electron chi connectivity index (χ3n) is 5.13. The first kappa shape index (κ1) is 21.3. The van der Waals surface area contributed by atoms with Crippen molar-refractivity contribution in [2.24, 2.45) is 0 Å². The standard InChI is InChI=1S/C21H27N3O4S/c1-4-20(25)22-21-16(3)23-28-19(21)13-10-17-8-11-18(12-9-17)29(26,27)24-14-6-5-7-15(24)2/h8-13,15H,4-7,14H2,1-3H3,(H,22,25)/b13-10-/t15-/m1/s1. The Morgan fingerprint density at radius 3 is 2.66 bits per heavy atom. The quantitative estimate of drug-likeness (QED) is 0.765. The average Bonchev–Trinajstić information content (AvgIpc) is 3.06. The molecule has 0 spiro atoms. The normalized spacial score (nSPS) is 18.2. The number of nitrogens with zero attached hydrogens (tertiary/aromatic N) is 2. The van der Waals surface area contributed by atoms with E-state index in [4.69, 9.17) is 4.52 Å². The Kier molecular flexibility index (Phi) is 6.54. The zero-order valence-electron chi connectivity index (χ0n) is 17.0. The number of carbonyl (C=O) groups is 1. The van der Waals surface area contributed by atoms with Crippen molar-refractivity contribution in [1.82, 2.24) is 9.46 Å². The van der Waals surface area contributed by atoms with Gasteiger partial charge in [0.05, 0.1) is 4.90 Å². The fourth-order valence-electron chi connectivity index (χ4n) is 3.37. The van der Waals surface area contributed by atoms with E-state index in [-0.39, 0.29) is 11.9 Å². The maximum absolute atomic E-state index is 12.9. The van der Waals surface area contributed by atoms with E-state index in [1.807, 2.05) is 6.92 Å². The molecular formula is C21H27N3O4S. The number of aryl methyl sites for hydroxylation is 1. The molecule has 1 amide bonds. The lowest BCUT2D eigenvalue weighted by atomic mass is 10.1. The highest BCUT2D eigenvalue weighted by molar-refractivity contribution is 7.89. The molecule has 2 aromatic rings. The van der Waals surface area contributed by atoms with Crippen molar-refractivity contribution >= 4 is 33.8 Å². The minimum absolute atomic E-state index is 0.0276. The van der Waals surface area contributed by atoms with Gasteiger partial charge in [-0.2, -0.15) is 4.31 Å². The summed E-state index contributed by atoms with van der Waals surface area (Å²) in [7, 11) is -3.48. The van der Waals surface area contributed by atoms with Crippen LogP contribution in [0.3, 0.4) is 0 Å². The number of hydrogen-bond acceptors (Lipinski definition) is 5. The van der Waals surface area contributed by atoms with Crippen molar-refractivity contribution in [3.05, 3.63) is 41.3 Å². The Morgan fingerprint density at radius 1 is 1.28 bits per heavy atom. The summed E-state index contributed by atoms with van der Waals surface area (Å²) in [5.74, 6) is 0.329. The topological polar surface area (TPSA) is 92.5 Å². The number of amides is 1. The number of piperidine rings is 1. The van der Waals surface area contributed by atoms with E-state index in [0.29, 0.717) is 35.0 Å². The molecule has 3 rings (SSSR count). The lowest BCUT2D eigenvalue weighted by molar-refractivity contribution is -0.115. The van der Waals surface area contributed by atoms with Crippen LogP contribution < -0.4 is 5.32 Å². The fraction of sp³-hybridized carbons (Fsp3) is 0.429. The molecule has 29 heavy (non-hydrogen) atoms. The lowest BCUT2D eigenvalue weighted by Gasteiger charge is -2.32. The van der Waals surface area contributed by atoms with E-state index in [1.54, 1.807) is 54.6 Å². The number of sulfonamides is 1. The lowest BCUT2D eigenvalue weighted by Crippen LogP contribution is -2.41. The zero-order valence-corrected chi connectivity index (χ0v) is 17.8. The van der Waals surface area contributed by atoms with Crippen molar-refractivity contribution in [2.75, 3.05) is 11.9 Å². The van der Waals surface area contributed by atoms with Crippen molar-refractivity contribution < 1.29 is 17.7 Å². The van der Waals surface area contributed by atoms with Crippen molar-refractivity contribution in [1.29, 1.82) is 0 Å². The van der Waals surface area contributed by atoms with E-state index in [1.165, 1.54) is 0 Å². The molecule has 1 saturated heterocycles. The van der Waals surface area contributed by atoms with E-state index in [2.05, 4.69) is 10.5 Å². The largest absolute Gasteiger partial charge is 0.354 e. The summed E-state index contributed by atoms with van der Waals surface area (Å²) in [6.07, 6.45) is 6.73. The summed E-state index contributed by atoms with van der Waals surface area (Å²) in [6.45, 7) is 6.06. The Bertz CT molecular complexity index is 993. The Hall–Kier alpha value is -2.45. The van der Waals surface area contributed by atoms with Gasteiger partial charge in [0.25, 0.3) is 0 Å². The van der Waals surface area contributed by atoms with E-state index in [9.17, 15) is 13.2 Å². The minimum atomic E-state index is -3.48. The third kappa shape index (κ3) is 4.76. The summed E-state index contributed by atoms with van der Waals surface area (Å²) in [4.78, 5) is 12.0. The Morgan fingerprint density at radius 2 is 2.00 bits per heavy atom. The number of hydrogen-bond donors (Lipinski definition) is 1. The zero-order chi connectivity index (χ0) is 21.0. The average molecular weight is 418 g/mol. The predicted octanol–water partition coefficient (Wildman–Crippen LogP) is 4.07. The summed E-state index contributed by atoms with van der Waals surface area (Å²) in [5.41, 5.74) is 1.97. The second-order valence-electron chi connectivity index (χ2n) is 7.27. The Labute approximate surface area is 171 Å². The molecule has 8 heteroatoms. The predicted molar refractivity (Wildman–Crippen MR) is 113 cm³/mol. The van der Waals surface area contributed by atoms with Gasteiger partial charge < -0.3 is 9.84 Å². The second kappa shape index (κ2) is 8.92. The fourth-order valence-corrected chi connectivity index (χ4v) is 5.07. The molecule has 0 bridgehead atoms. The van der Waals surface area contributed by atoms with Crippen LogP contribution in [-0.4, -0.2) is 36.4 Å². The SMILES string of the molecule is CCC(=O)Nc1c(C)noc1/C=C\c1ccc(S(=O)(=O)N2CCCC[C@H]2C)cc1. The van der Waals surface area contributed by atoms with Crippen LogP contribution >= 0.6 is 0 Å². The van der Waals surface area contributed by atoms with Crippen LogP contribution in [0.2, 0.25) is 0 Å². The molecule has 1 N–H and O–H groups in total. The van der Waals surface area contributed by atoms with Crippen molar-refractivity contribution in [2.45, 2.75) is 57.4 Å². The van der Waals surface area contributed by atoms with Gasteiger partial charge in [-0.05, 0) is 50.5 Å². The van der Waals surface area contributed by atoms with Crippen molar-refractivity contribution in [3.63, 3.8) is 0 Å². The van der Waals surface area contributed by atoms with Crippen LogP contribution in [0.25, 0.3) is 12.2 Å². The van der Waals surface area contributed by atoms with Crippen LogP contribution in [0, 0.1) is 6.92 Å². The highest BCUT2D eigenvalue weighted by atomic mass is 32.2. The molecule has 1 aliphatic heterocycles. The molecule has 0 radical (unpaired) electrons. The van der Waals surface area contributed by atoms with Gasteiger partial charge in [-0.3, -0.25) is 4.79 Å². The monoisotopic (exact) mass is 417 g/mol. The van der Waals surface area contributed by atoms with Gasteiger partial charge in [0, 0.05) is 19.0 Å². The van der Waals surface area contributed by atoms with Gasteiger partial charge in [0.15, 0.2) is 5.76 Å². The number of rotatable bonds is 6. The summed E-state index contributed by atoms with van der Waals surface area (Å²) in [5, 5.41) is 6.68. The van der Waals surface area contributed by atoms with Gasteiger partial charge >= 0.3 is 0 Å². The molecule has 1 atom stereocenters. The maximum Gasteiger partial charge on any atom is 0.243 e. The number of aromatic nitrogens is 1. The first-order valence-electron chi connectivity index (χ1n) is 9.89. The molecule has 0 aliphatic carbocycles. The van der Waals surface area contributed by atoms with Gasteiger partial charge in [-0.25, -0.2) is 8.42 Å².